The van der Waals surface area contributed by atoms with Crippen molar-refractivity contribution >= 4 is 23.4 Å². The molecule has 5 N–H and O–H groups in total. The third kappa shape index (κ3) is 11.2. The summed E-state index contributed by atoms with van der Waals surface area (Å²) in [4.78, 5) is 40.4. The number of aryl methyl sites for hydroxylation is 1. The van der Waals surface area contributed by atoms with Gasteiger partial charge < -0.3 is 26.6 Å². The molecule has 0 aliphatic heterocycles. The fraction of sp³-hybridized carbons (Fsp3) is 0.414. The maximum atomic E-state index is 13.1. The number of nitrogens with zero attached hydrogens (tertiary/aromatic N) is 1. The number of nitrogens with one attached hydrogen (secondary N) is 3. The molecule has 2 unspecified atom stereocenters. The normalized spacial score (nSPS) is 12.8. The van der Waals surface area contributed by atoms with Crippen LogP contribution in [0.3, 0.4) is 0 Å². The van der Waals surface area contributed by atoms with Crippen LogP contribution < -0.4 is 21.7 Å². The minimum absolute atomic E-state index is 0.0606. The first-order valence-corrected chi connectivity index (χ1v) is 13.2. The summed E-state index contributed by atoms with van der Waals surface area (Å²) in [6, 6.07) is 11.1. The first-order chi connectivity index (χ1) is 19.0. The largest absolute Gasteiger partial charge is 0.416 e. The van der Waals surface area contributed by atoms with Crippen LogP contribution in [0, 0.1) is 13.8 Å². The van der Waals surface area contributed by atoms with Crippen molar-refractivity contribution < 1.29 is 27.6 Å². The van der Waals surface area contributed by atoms with Gasteiger partial charge in [0.1, 0.15) is 12.5 Å². The zero-order chi connectivity index (χ0) is 29.5. The van der Waals surface area contributed by atoms with Crippen LogP contribution in [0.25, 0.3) is 0 Å². The zero-order valence-electron chi connectivity index (χ0n) is 22.5. The Morgan fingerprint density at radius 2 is 1.65 bits per heavy atom. The molecule has 0 saturated carbocycles. The number of amides is 3. The van der Waals surface area contributed by atoms with Gasteiger partial charge in [0.15, 0.2) is 0 Å². The van der Waals surface area contributed by atoms with E-state index in [1.165, 1.54) is 12.1 Å². The summed E-state index contributed by atoms with van der Waals surface area (Å²) in [6.07, 6.45) is -3.09. The Hall–Kier alpha value is -3.70. The van der Waals surface area contributed by atoms with Crippen LogP contribution in [0.1, 0.15) is 36.8 Å². The molecule has 2 rings (SSSR count). The van der Waals surface area contributed by atoms with E-state index in [2.05, 4.69) is 29.8 Å². The van der Waals surface area contributed by atoms with Crippen molar-refractivity contribution in [3.05, 3.63) is 79.6 Å². The summed E-state index contributed by atoms with van der Waals surface area (Å²) in [5.41, 5.74) is 5.98. The highest BCUT2D eigenvalue weighted by Crippen LogP contribution is 2.30. The molecule has 11 heteroatoms. The highest BCUT2D eigenvalue weighted by molar-refractivity contribution is 5.98. The molecular weight excluding hydrogens is 523 g/mol. The monoisotopic (exact) mass is 561 g/mol. The molecule has 0 radical (unpaired) electrons. The van der Waals surface area contributed by atoms with Crippen LogP contribution in [0.4, 0.5) is 18.9 Å². The lowest BCUT2D eigenvalue weighted by Gasteiger charge is -2.24. The van der Waals surface area contributed by atoms with E-state index in [0.717, 1.165) is 17.7 Å². The molecule has 2 aromatic carbocycles. The van der Waals surface area contributed by atoms with Gasteiger partial charge in [-0.05, 0) is 36.6 Å². The van der Waals surface area contributed by atoms with Gasteiger partial charge in [-0.1, -0.05) is 36.4 Å². The maximum absolute atomic E-state index is 13.1. The maximum Gasteiger partial charge on any atom is 0.416 e. The van der Waals surface area contributed by atoms with E-state index in [1.807, 2.05) is 30.3 Å². The topological polar surface area (TPSA) is 117 Å². The Kier molecular flexibility index (Phi) is 13.3. The quantitative estimate of drug-likeness (QED) is 0.185. The average molecular weight is 562 g/mol. The highest BCUT2D eigenvalue weighted by Gasteiger charge is 2.31. The number of hydrogen-bond donors (Lipinski definition) is 4. The molecule has 0 heterocycles. The Labute approximate surface area is 233 Å². The van der Waals surface area contributed by atoms with E-state index in [-0.39, 0.29) is 24.4 Å². The second-order valence-corrected chi connectivity index (χ2v) is 9.30. The van der Waals surface area contributed by atoms with Crippen LogP contribution in [-0.4, -0.2) is 60.9 Å². The van der Waals surface area contributed by atoms with Gasteiger partial charge in [-0.15, -0.1) is 0 Å². The van der Waals surface area contributed by atoms with Crippen molar-refractivity contribution in [3.63, 3.8) is 0 Å². The smallest absolute Gasteiger partial charge is 0.343 e. The molecule has 0 aliphatic rings. The number of anilines is 1. The molecule has 3 amide bonds. The van der Waals surface area contributed by atoms with Crippen molar-refractivity contribution in [2.45, 2.75) is 50.4 Å². The summed E-state index contributed by atoms with van der Waals surface area (Å²) in [6.45, 7) is 9.61. The Morgan fingerprint density at radius 1 is 0.925 bits per heavy atom. The Bertz CT molecular complexity index is 1080. The van der Waals surface area contributed by atoms with E-state index in [9.17, 15) is 27.6 Å². The molecule has 0 fully saturated rings. The van der Waals surface area contributed by atoms with Crippen molar-refractivity contribution in [2.24, 2.45) is 5.73 Å². The number of alkyl halides is 3. The summed E-state index contributed by atoms with van der Waals surface area (Å²) < 4.78 is 39.4. The molecule has 216 valence electrons. The number of hydrogen-bond acceptors (Lipinski definition) is 5. The van der Waals surface area contributed by atoms with Crippen molar-refractivity contribution in [1.29, 1.82) is 0 Å². The van der Waals surface area contributed by atoms with E-state index >= 15 is 0 Å². The summed E-state index contributed by atoms with van der Waals surface area (Å²) in [5.74, 6) is -1.73. The fourth-order valence-corrected chi connectivity index (χ4v) is 3.93. The second-order valence-electron chi connectivity index (χ2n) is 9.30. The van der Waals surface area contributed by atoms with Crippen LogP contribution >= 0.6 is 0 Å². The number of carbonyl (C=O) groups excluding carboxylic acids is 3. The van der Waals surface area contributed by atoms with Crippen LogP contribution in [-0.2, 0) is 27.0 Å². The van der Waals surface area contributed by atoms with E-state index in [4.69, 9.17) is 5.73 Å². The predicted molar refractivity (Wildman–Crippen MR) is 149 cm³/mol. The number of carbonyl (C=O) groups is 3. The van der Waals surface area contributed by atoms with E-state index in [0.29, 0.717) is 45.4 Å². The van der Waals surface area contributed by atoms with Gasteiger partial charge in [0.25, 0.3) is 0 Å². The lowest BCUT2D eigenvalue weighted by Crippen LogP contribution is -2.51. The molecular formula is C29H38F3N5O3+2. The molecule has 2 aromatic rings. The van der Waals surface area contributed by atoms with Gasteiger partial charge in [0.2, 0.25) is 17.7 Å². The molecule has 40 heavy (non-hydrogen) atoms. The third-order valence-electron chi connectivity index (χ3n) is 6.08. The van der Waals surface area contributed by atoms with Gasteiger partial charge >= 0.3 is 6.18 Å². The lowest BCUT2D eigenvalue weighted by molar-refractivity contribution is -0.137. The first kappa shape index (κ1) is 32.5. The van der Waals surface area contributed by atoms with Gasteiger partial charge in [-0.25, -0.2) is 0 Å². The summed E-state index contributed by atoms with van der Waals surface area (Å²) in [5, 5.41) is 8.20. The fourth-order valence-electron chi connectivity index (χ4n) is 3.93. The molecule has 8 nitrogen and oxygen atoms in total. The zero-order valence-corrected chi connectivity index (χ0v) is 22.5. The summed E-state index contributed by atoms with van der Waals surface area (Å²) >= 11 is 0. The lowest BCUT2D eigenvalue weighted by atomic mass is 10.0. The number of rotatable bonds is 16. The van der Waals surface area contributed by atoms with Crippen LogP contribution in [0.15, 0.2) is 54.6 Å². The summed E-state index contributed by atoms with van der Waals surface area (Å²) in [7, 11) is 0. The predicted octanol–water partition coefficient (Wildman–Crippen LogP) is 3.35. The Balaban J connectivity index is 2.09. The van der Waals surface area contributed by atoms with Crippen LogP contribution in [0.5, 0.6) is 0 Å². The highest BCUT2D eigenvalue weighted by atomic mass is 19.4. The van der Waals surface area contributed by atoms with E-state index < -0.39 is 35.6 Å². The average Bonchev–Trinajstić information content (AvgIpc) is 2.92. The number of nitrogens with two attached hydrogens (primary N) is 1. The third-order valence-corrected chi connectivity index (χ3v) is 6.08. The SMILES string of the molecule is [CH2+]CCNCCN(CC[CH2+])C(=O)CC(N)C(=O)NC(CCc1ccccc1)C(=O)Nc1cccc(C(F)(F)F)c1. The molecule has 0 aromatic heterocycles. The number of benzene rings is 2. The second kappa shape index (κ2) is 16.4. The van der Waals surface area contributed by atoms with Crippen molar-refractivity contribution in [3.8, 4) is 0 Å². The minimum atomic E-state index is -4.58. The van der Waals surface area contributed by atoms with Crippen molar-refractivity contribution in [2.75, 3.05) is 31.5 Å². The molecule has 0 bridgehead atoms. The van der Waals surface area contributed by atoms with Gasteiger partial charge in [-0.3, -0.25) is 14.4 Å². The van der Waals surface area contributed by atoms with Gasteiger partial charge in [0.05, 0.1) is 44.8 Å². The molecule has 0 saturated heterocycles. The number of halogens is 3. The molecule has 0 spiro atoms. The minimum Gasteiger partial charge on any atom is -0.343 e. The molecule has 2 atom stereocenters. The molecule has 0 aliphatic carbocycles. The van der Waals surface area contributed by atoms with Gasteiger partial charge in [0, 0.05) is 25.3 Å². The Morgan fingerprint density at radius 3 is 2.30 bits per heavy atom. The van der Waals surface area contributed by atoms with Gasteiger partial charge in [-0.2, -0.15) is 13.2 Å². The van der Waals surface area contributed by atoms with Crippen molar-refractivity contribution in [1.82, 2.24) is 15.5 Å². The van der Waals surface area contributed by atoms with Crippen LogP contribution in [0.2, 0.25) is 0 Å². The first-order valence-electron chi connectivity index (χ1n) is 13.2. The van der Waals surface area contributed by atoms with E-state index in [1.54, 1.807) is 4.90 Å². The standard InChI is InChI=1S/C29H36F3N5O3/c1-3-15-34-16-18-37(17-4-2)26(38)20-24(33)27(39)36-25(14-13-21-9-6-5-7-10-21)28(40)35-23-12-8-11-22(19-23)29(30,31)32/h5-12,19,24-25,34H,1-4,13-18,20,33H2/p+2.